The zero-order chi connectivity index (χ0) is 15.2. The lowest BCUT2D eigenvalue weighted by Crippen LogP contribution is -2.19. The van der Waals surface area contributed by atoms with E-state index >= 15 is 0 Å². The summed E-state index contributed by atoms with van der Waals surface area (Å²) in [7, 11) is 1.22. The largest absolute Gasteiger partial charge is 0.454 e. The van der Waals surface area contributed by atoms with Crippen molar-refractivity contribution in [3.05, 3.63) is 66.0 Å². The van der Waals surface area contributed by atoms with E-state index in [2.05, 4.69) is 0 Å². The second kappa shape index (κ2) is 6.67. The molecule has 0 saturated carbocycles. The summed E-state index contributed by atoms with van der Waals surface area (Å²) in [5, 5.41) is 9.40. The quantitative estimate of drug-likeness (QED) is 0.532. The highest BCUT2D eigenvalue weighted by molar-refractivity contribution is 5.90. The molecule has 2 aromatic carbocycles. The molecule has 0 radical (unpaired) electrons. The average molecular weight is 287 g/mol. The van der Waals surface area contributed by atoms with E-state index in [0.717, 1.165) is 0 Å². The van der Waals surface area contributed by atoms with E-state index in [0.29, 0.717) is 16.4 Å². The van der Waals surface area contributed by atoms with E-state index in [4.69, 9.17) is 9.94 Å². The number of hydrogen-bond donors (Lipinski definition) is 1. The molecule has 0 bridgehead atoms. The van der Waals surface area contributed by atoms with Gasteiger partial charge in [0, 0.05) is 13.1 Å². The molecule has 0 atom stereocenters. The average Bonchev–Trinajstić information content (AvgIpc) is 2.48. The molecule has 21 heavy (non-hydrogen) atoms. The van der Waals surface area contributed by atoms with Crippen molar-refractivity contribution in [1.82, 2.24) is 5.06 Å². The van der Waals surface area contributed by atoms with Crippen LogP contribution in [0.2, 0.25) is 0 Å². The lowest BCUT2D eigenvalue weighted by molar-refractivity contribution is -0.153. The van der Waals surface area contributed by atoms with Gasteiger partial charge in [-0.05, 0) is 35.9 Å². The number of carbonyl (C=O) groups excluding carboxylic acids is 1. The lowest BCUT2D eigenvalue weighted by Gasteiger charge is -2.07. The van der Waals surface area contributed by atoms with Crippen molar-refractivity contribution in [3.8, 4) is 11.5 Å². The van der Waals surface area contributed by atoms with Crippen molar-refractivity contribution in [1.29, 1.82) is 0 Å². The number of nitrogens with zero attached hydrogens (tertiary/aromatic N) is 1. The van der Waals surface area contributed by atoms with Crippen LogP contribution in [0.25, 0.3) is 6.08 Å². The summed E-state index contributed by atoms with van der Waals surface area (Å²) >= 11 is 0. The van der Waals surface area contributed by atoms with Gasteiger partial charge in [0.25, 0.3) is 5.91 Å². The zero-order valence-corrected chi connectivity index (χ0v) is 11.4. The van der Waals surface area contributed by atoms with Gasteiger partial charge in [-0.15, -0.1) is 0 Å². The van der Waals surface area contributed by atoms with Crippen LogP contribution >= 0.6 is 0 Å². The second-order valence-corrected chi connectivity index (χ2v) is 4.30. The third-order valence-electron chi connectivity index (χ3n) is 2.66. The van der Waals surface area contributed by atoms with Crippen LogP contribution in [0.4, 0.5) is 4.39 Å². The van der Waals surface area contributed by atoms with Gasteiger partial charge in [-0.3, -0.25) is 10.0 Å². The first-order chi connectivity index (χ1) is 10.1. The molecule has 0 aliphatic rings. The van der Waals surface area contributed by atoms with Gasteiger partial charge in [-0.1, -0.05) is 24.3 Å². The van der Waals surface area contributed by atoms with Gasteiger partial charge in [-0.2, -0.15) is 0 Å². The second-order valence-electron chi connectivity index (χ2n) is 4.30. The van der Waals surface area contributed by atoms with Crippen molar-refractivity contribution in [2.45, 2.75) is 0 Å². The molecule has 0 fully saturated rings. The number of para-hydroxylation sites is 1. The van der Waals surface area contributed by atoms with Crippen LogP contribution in [0.3, 0.4) is 0 Å². The molecule has 0 aliphatic heterocycles. The Kier molecular flexibility index (Phi) is 4.68. The molecule has 0 aromatic heterocycles. The number of ether oxygens (including phenoxy) is 1. The van der Waals surface area contributed by atoms with E-state index < -0.39 is 11.7 Å². The van der Waals surface area contributed by atoms with Gasteiger partial charge in [0.2, 0.25) is 0 Å². The molecule has 4 nitrogen and oxygen atoms in total. The summed E-state index contributed by atoms with van der Waals surface area (Å²) in [4.78, 5) is 11.2. The number of hydroxylamine groups is 2. The van der Waals surface area contributed by atoms with E-state index in [-0.39, 0.29) is 5.75 Å². The fourth-order valence-corrected chi connectivity index (χ4v) is 1.59. The minimum absolute atomic E-state index is 0.0631. The van der Waals surface area contributed by atoms with Gasteiger partial charge in [0.1, 0.15) is 5.75 Å². The summed E-state index contributed by atoms with van der Waals surface area (Å²) < 4.78 is 19.2. The third-order valence-corrected chi connectivity index (χ3v) is 2.66. The third kappa shape index (κ3) is 4.15. The normalized spacial score (nSPS) is 10.6. The van der Waals surface area contributed by atoms with Crippen molar-refractivity contribution in [2.75, 3.05) is 7.05 Å². The number of amides is 1. The van der Waals surface area contributed by atoms with Gasteiger partial charge in [0.15, 0.2) is 11.6 Å². The Labute approximate surface area is 121 Å². The Bertz CT molecular complexity index is 654. The van der Waals surface area contributed by atoms with E-state index in [1.165, 1.54) is 37.4 Å². The molecule has 2 rings (SSSR count). The Morgan fingerprint density at radius 2 is 1.95 bits per heavy atom. The van der Waals surface area contributed by atoms with Gasteiger partial charge in [-0.25, -0.2) is 9.45 Å². The van der Waals surface area contributed by atoms with Crippen LogP contribution in [-0.4, -0.2) is 23.2 Å². The van der Waals surface area contributed by atoms with Crippen LogP contribution in [0.5, 0.6) is 11.5 Å². The standard InChI is InChI=1S/C16H14FNO3/c1-18(20)16(19)10-8-12-7-9-14(17)15(11-12)21-13-5-3-2-4-6-13/h2-11,20H,1H3. The predicted octanol–water partition coefficient (Wildman–Crippen LogP) is 3.48. The fraction of sp³-hybridized carbons (Fsp3) is 0.0625. The summed E-state index contributed by atoms with van der Waals surface area (Å²) in [5.41, 5.74) is 0.581. The molecule has 1 amide bonds. The van der Waals surface area contributed by atoms with E-state index in [9.17, 15) is 9.18 Å². The molecule has 5 heteroatoms. The number of benzene rings is 2. The first-order valence-corrected chi connectivity index (χ1v) is 6.23. The topological polar surface area (TPSA) is 49.8 Å². The summed E-state index contributed by atoms with van der Waals surface area (Å²) in [5.74, 6) is -0.497. The van der Waals surface area contributed by atoms with Gasteiger partial charge in [0.05, 0.1) is 0 Å². The number of hydrogen-bond acceptors (Lipinski definition) is 3. The smallest absolute Gasteiger partial charge is 0.269 e. The van der Waals surface area contributed by atoms with Crippen molar-refractivity contribution < 1.29 is 19.1 Å². The van der Waals surface area contributed by atoms with E-state index in [1.54, 1.807) is 24.3 Å². The number of carbonyl (C=O) groups is 1. The first-order valence-electron chi connectivity index (χ1n) is 6.23. The molecule has 108 valence electrons. The molecule has 0 unspecified atom stereocenters. The molecule has 1 N–H and O–H groups in total. The van der Waals surface area contributed by atoms with Crippen LogP contribution in [0.1, 0.15) is 5.56 Å². The highest BCUT2D eigenvalue weighted by Gasteiger charge is 2.06. The predicted molar refractivity (Wildman–Crippen MR) is 76.5 cm³/mol. The highest BCUT2D eigenvalue weighted by Crippen LogP contribution is 2.25. The maximum atomic E-state index is 13.7. The van der Waals surface area contributed by atoms with Crippen molar-refractivity contribution in [2.24, 2.45) is 0 Å². The zero-order valence-electron chi connectivity index (χ0n) is 11.4. The Morgan fingerprint density at radius 1 is 1.24 bits per heavy atom. The molecular weight excluding hydrogens is 273 g/mol. The van der Waals surface area contributed by atoms with Crippen molar-refractivity contribution in [3.63, 3.8) is 0 Å². The minimum Gasteiger partial charge on any atom is -0.454 e. The molecular formula is C16H14FNO3. The number of rotatable bonds is 4. The summed E-state index contributed by atoms with van der Waals surface area (Å²) in [6.45, 7) is 0. The van der Waals surface area contributed by atoms with Crippen LogP contribution in [-0.2, 0) is 4.79 Å². The maximum absolute atomic E-state index is 13.7. The van der Waals surface area contributed by atoms with Gasteiger partial charge >= 0.3 is 0 Å². The molecule has 2 aromatic rings. The first kappa shape index (κ1) is 14.7. The van der Waals surface area contributed by atoms with Crippen LogP contribution in [0.15, 0.2) is 54.6 Å². The minimum atomic E-state index is -0.579. The Morgan fingerprint density at radius 3 is 2.62 bits per heavy atom. The Balaban J connectivity index is 2.19. The van der Waals surface area contributed by atoms with Crippen LogP contribution in [0, 0.1) is 5.82 Å². The number of halogens is 1. The SMILES string of the molecule is CN(O)C(=O)C=Cc1ccc(F)c(Oc2ccccc2)c1. The summed E-state index contributed by atoms with van der Waals surface area (Å²) in [6, 6.07) is 13.1. The molecule has 0 heterocycles. The molecule has 0 spiro atoms. The van der Waals surface area contributed by atoms with Gasteiger partial charge < -0.3 is 4.74 Å². The summed E-state index contributed by atoms with van der Waals surface area (Å²) in [6.07, 6.45) is 2.64. The van der Waals surface area contributed by atoms with Crippen LogP contribution < -0.4 is 4.74 Å². The Hall–Kier alpha value is -2.66. The van der Waals surface area contributed by atoms with Crippen molar-refractivity contribution >= 4 is 12.0 Å². The lowest BCUT2D eigenvalue weighted by atomic mass is 10.2. The number of likely N-dealkylation sites (N-methyl/N-ethyl adjacent to an activating group) is 1. The molecule has 0 aliphatic carbocycles. The monoisotopic (exact) mass is 287 g/mol. The maximum Gasteiger partial charge on any atom is 0.269 e. The highest BCUT2D eigenvalue weighted by atomic mass is 19.1. The fourth-order valence-electron chi connectivity index (χ4n) is 1.59. The molecule has 0 saturated heterocycles. The van der Waals surface area contributed by atoms with E-state index in [1.807, 2.05) is 6.07 Å².